The quantitative estimate of drug-likeness (QED) is 0.432. The first-order valence-corrected chi connectivity index (χ1v) is 13.0. The van der Waals surface area contributed by atoms with Crippen molar-refractivity contribution in [3.8, 4) is 0 Å². The Kier molecular flexibility index (Phi) is 3.49. The molecule has 2 aliphatic carbocycles. The molecule has 2 saturated carbocycles. The van der Waals surface area contributed by atoms with Crippen LogP contribution in [0.1, 0.15) is 42.3 Å². The Balaban J connectivity index is 1.54. The number of aromatic nitrogens is 4. The second-order valence-electron chi connectivity index (χ2n) is 9.68. The van der Waals surface area contributed by atoms with Crippen LogP contribution in [0, 0.1) is 17.8 Å². The molecule has 2 aromatic heterocycles. The standard InChI is InChI=1S/C23H24N6O2S/c1-32(30,31)29-18-7-6-17-15(10-25-26-17)21(18)19-11-2-3-12(8-11)20(19)22(29)13-4-5-16-14(9-13)23(24)28-27-16/h4-7,9-12,19-20,22H,2-3,8H2,1H3,(H,25,26)(H3,24,27,28)/t11?,12?,19-,20+,22-/m0/s1. The molecule has 2 bridgehead atoms. The Bertz CT molecular complexity index is 1510. The predicted molar refractivity (Wildman–Crippen MR) is 124 cm³/mol. The van der Waals surface area contributed by atoms with Gasteiger partial charge >= 0.3 is 0 Å². The summed E-state index contributed by atoms with van der Waals surface area (Å²) in [7, 11) is -3.55. The molecule has 3 heterocycles. The maximum atomic E-state index is 13.3. The van der Waals surface area contributed by atoms with Crippen LogP contribution in [0.2, 0.25) is 0 Å². The van der Waals surface area contributed by atoms with E-state index in [0.29, 0.717) is 23.6 Å². The highest BCUT2D eigenvalue weighted by Gasteiger charge is 2.57. The van der Waals surface area contributed by atoms with Crippen molar-refractivity contribution in [1.29, 1.82) is 0 Å². The Labute approximate surface area is 185 Å². The predicted octanol–water partition coefficient (Wildman–Crippen LogP) is 3.67. The number of anilines is 2. The number of hydrogen-bond acceptors (Lipinski definition) is 5. The number of H-pyrrole nitrogens is 2. The highest BCUT2D eigenvalue weighted by molar-refractivity contribution is 7.92. The summed E-state index contributed by atoms with van der Waals surface area (Å²) in [5, 5.41) is 16.3. The fourth-order valence-corrected chi connectivity index (χ4v) is 8.26. The van der Waals surface area contributed by atoms with Crippen molar-refractivity contribution < 1.29 is 8.42 Å². The molecule has 2 aromatic carbocycles. The monoisotopic (exact) mass is 448 g/mol. The molecule has 164 valence electrons. The molecule has 4 aromatic rings. The fourth-order valence-electron chi connectivity index (χ4n) is 7.07. The smallest absolute Gasteiger partial charge is 0.232 e. The van der Waals surface area contributed by atoms with Crippen molar-refractivity contribution in [1.82, 2.24) is 20.4 Å². The van der Waals surface area contributed by atoms with Crippen molar-refractivity contribution in [2.24, 2.45) is 17.8 Å². The zero-order valence-corrected chi connectivity index (χ0v) is 18.4. The average Bonchev–Trinajstić information content (AvgIpc) is 3.55. The highest BCUT2D eigenvalue weighted by atomic mass is 32.2. The number of aromatic amines is 2. The highest BCUT2D eigenvalue weighted by Crippen LogP contribution is 2.66. The van der Waals surface area contributed by atoms with Crippen LogP contribution in [0.4, 0.5) is 11.5 Å². The van der Waals surface area contributed by atoms with E-state index in [1.165, 1.54) is 12.7 Å². The van der Waals surface area contributed by atoms with E-state index in [2.05, 4.69) is 20.4 Å². The van der Waals surface area contributed by atoms with Gasteiger partial charge in [-0.3, -0.25) is 14.5 Å². The molecule has 0 amide bonds. The Hall–Kier alpha value is -3.07. The van der Waals surface area contributed by atoms with E-state index >= 15 is 0 Å². The normalized spacial score (nSPS) is 29.0. The zero-order chi connectivity index (χ0) is 21.8. The average molecular weight is 449 g/mol. The van der Waals surface area contributed by atoms with Gasteiger partial charge in [-0.25, -0.2) is 8.42 Å². The van der Waals surface area contributed by atoms with Gasteiger partial charge in [0.1, 0.15) is 0 Å². The van der Waals surface area contributed by atoms with E-state index in [9.17, 15) is 8.42 Å². The van der Waals surface area contributed by atoms with Gasteiger partial charge in [-0.2, -0.15) is 10.2 Å². The third-order valence-electron chi connectivity index (χ3n) is 8.13. The van der Waals surface area contributed by atoms with Gasteiger partial charge in [-0.15, -0.1) is 0 Å². The van der Waals surface area contributed by atoms with Crippen LogP contribution < -0.4 is 10.0 Å². The van der Waals surface area contributed by atoms with Gasteiger partial charge in [0, 0.05) is 10.8 Å². The minimum Gasteiger partial charge on any atom is -0.382 e. The van der Waals surface area contributed by atoms with Crippen LogP contribution in [0.5, 0.6) is 0 Å². The molecular formula is C23H24N6O2S. The Morgan fingerprint density at radius 1 is 1.06 bits per heavy atom. The molecule has 2 fully saturated rings. The molecule has 3 aliphatic rings. The zero-order valence-electron chi connectivity index (χ0n) is 17.6. The number of fused-ring (bicyclic) bond motifs is 10. The van der Waals surface area contributed by atoms with Gasteiger partial charge in [0.2, 0.25) is 10.0 Å². The largest absolute Gasteiger partial charge is 0.382 e. The van der Waals surface area contributed by atoms with E-state index in [1.54, 1.807) is 4.31 Å². The molecule has 0 radical (unpaired) electrons. The number of sulfonamides is 1. The summed E-state index contributed by atoms with van der Waals surface area (Å²) in [6, 6.07) is 9.67. The third-order valence-corrected chi connectivity index (χ3v) is 9.27. The number of nitrogens with one attached hydrogen (secondary N) is 2. The molecule has 7 rings (SSSR count). The lowest BCUT2D eigenvalue weighted by Crippen LogP contribution is -2.46. The molecule has 4 N–H and O–H groups in total. The molecule has 8 nitrogen and oxygen atoms in total. The lowest BCUT2D eigenvalue weighted by molar-refractivity contribution is 0.238. The number of benzene rings is 2. The minimum absolute atomic E-state index is 0.224. The lowest BCUT2D eigenvalue weighted by atomic mass is 9.67. The third kappa shape index (κ3) is 2.29. The van der Waals surface area contributed by atoms with E-state index in [4.69, 9.17) is 5.73 Å². The van der Waals surface area contributed by atoms with Gasteiger partial charge in [-0.05, 0) is 78.3 Å². The van der Waals surface area contributed by atoms with Gasteiger partial charge in [0.05, 0.1) is 35.2 Å². The van der Waals surface area contributed by atoms with Crippen LogP contribution in [0.3, 0.4) is 0 Å². The maximum absolute atomic E-state index is 13.3. The van der Waals surface area contributed by atoms with Crippen molar-refractivity contribution in [3.05, 3.63) is 47.7 Å². The summed E-state index contributed by atoms with van der Waals surface area (Å²) in [6.07, 6.45) is 6.70. The van der Waals surface area contributed by atoms with Crippen LogP contribution in [-0.4, -0.2) is 35.1 Å². The first-order valence-electron chi connectivity index (χ1n) is 11.1. The molecule has 1 aliphatic heterocycles. The van der Waals surface area contributed by atoms with Gasteiger partial charge < -0.3 is 5.73 Å². The first-order chi connectivity index (χ1) is 15.4. The van der Waals surface area contributed by atoms with Crippen molar-refractivity contribution >= 4 is 43.3 Å². The molecule has 0 saturated heterocycles. The fraction of sp³-hybridized carbons (Fsp3) is 0.391. The summed E-state index contributed by atoms with van der Waals surface area (Å²) in [4.78, 5) is 0. The summed E-state index contributed by atoms with van der Waals surface area (Å²) in [5.74, 6) is 2.07. The van der Waals surface area contributed by atoms with Crippen molar-refractivity contribution in [2.45, 2.75) is 31.2 Å². The van der Waals surface area contributed by atoms with Gasteiger partial charge in [-0.1, -0.05) is 6.07 Å². The first kappa shape index (κ1) is 18.5. The number of nitrogens with zero attached hydrogens (tertiary/aromatic N) is 3. The van der Waals surface area contributed by atoms with Gasteiger partial charge in [0.15, 0.2) is 5.82 Å². The summed E-state index contributed by atoms with van der Waals surface area (Å²) < 4.78 is 28.4. The van der Waals surface area contributed by atoms with Crippen LogP contribution >= 0.6 is 0 Å². The maximum Gasteiger partial charge on any atom is 0.232 e. The van der Waals surface area contributed by atoms with E-state index in [-0.39, 0.29) is 12.0 Å². The van der Waals surface area contributed by atoms with E-state index < -0.39 is 10.0 Å². The second kappa shape index (κ2) is 6.04. The number of nitrogen functional groups attached to an aromatic ring is 1. The van der Waals surface area contributed by atoms with Crippen LogP contribution in [0.25, 0.3) is 21.8 Å². The summed E-state index contributed by atoms with van der Waals surface area (Å²) >= 11 is 0. The molecule has 0 spiro atoms. The SMILES string of the molecule is CS(=O)(=O)N1c2ccc3[nH]ncc3c2[C@H]2C3CCC(C3)[C@H]2[C@@H]1c1ccc2[nH]nc(N)c2c1. The topological polar surface area (TPSA) is 121 Å². The Morgan fingerprint density at radius 3 is 2.69 bits per heavy atom. The molecule has 9 heteroatoms. The summed E-state index contributed by atoms with van der Waals surface area (Å²) in [5.41, 5.74) is 10.9. The number of nitrogens with two attached hydrogens (primary N) is 1. The molecule has 2 unspecified atom stereocenters. The molecule has 32 heavy (non-hydrogen) atoms. The molecule has 5 atom stereocenters. The second-order valence-corrected chi connectivity index (χ2v) is 11.5. The minimum atomic E-state index is -3.55. The van der Waals surface area contributed by atoms with Crippen LogP contribution in [-0.2, 0) is 10.0 Å². The van der Waals surface area contributed by atoms with Crippen LogP contribution in [0.15, 0.2) is 36.5 Å². The molecular weight excluding hydrogens is 424 g/mol. The number of rotatable bonds is 2. The van der Waals surface area contributed by atoms with Crippen molar-refractivity contribution in [2.75, 3.05) is 16.3 Å². The summed E-state index contributed by atoms with van der Waals surface area (Å²) in [6.45, 7) is 0. The van der Waals surface area contributed by atoms with Crippen molar-refractivity contribution in [3.63, 3.8) is 0 Å². The Morgan fingerprint density at radius 2 is 1.84 bits per heavy atom. The van der Waals surface area contributed by atoms with E-state index in [1.807, 2.05) is 36.5 Å². The lowest BCUT2D eigenvalue weighted by Gasteiger charge is -2.48. The van der Waals surface area contributed by atoms with Gasteiger partial charge in [0.25, 0.3) is 0 Å². The van der Waals surface area contributed by atoms with E-state index in [0.717, 1.165) is 51.5 Å². The number of hydrogen-bond donors (Lipinski definition) is 3.